The van der Waals surface area contributed by atoms with Crippen LogP contribution in [-0.2, 0) is 14.3 Å². The molecule has 1 fully saturated rings. The molecule has 4 heteroatoms. The highest BCUT2D eigenvalue weighted by atomic mass is 16.6. The van der Waals surface area contributed by atoms with Gasteiger partial charge in [-0.05, 0) is 6.42 Å². The van der Waals surface area contributed by atoms with E-state index in [1.54, 1.807) is 14.1 Å². The molecule has 1 rings (SSSR count). The first-order valence-corrected chi connectivity index (χ1v) is 10.5. The van der Waals surface area contributed by atoms with Gasteiger partial charge in [-0.25, -0.2) is 0 Å². The maximum atomic E-state index is 11.9. The summed E-state index contributed by atoms with van der Waals surface area (Å²) in [5.74, 6) is 0.00647. The minimum atomic E-state index is -0.510. The molecule has 0 unspecified atom stereocenters. The number of carbonyl (C=O) groups is 2. The van der Waals surface area contributed by atoms with Gasteiger partial charge in [0.2, 0.25) is 0 Å². The van der Waals surface area contributed by atoms with Crippen LogP contribution in [0.3, 0.4) is 0 Å². The predicted molar refractivity (Wildman–Crippen MR) is 103 cm³/mol. The Kier molecular flexibility index (Phi) is 11.8. The number of nitrogens with zero attached hydrogens (tertiary/aromatic N) is 1. The summed E-state index contributed by atoms with van der Waals surface area (Å²) in [6, 6.07) is 0. The average Bonchev–Trinajstić information content (AvgIpc) is 3.38. The van der Waals surface area contributed by atoms with Crippen LogP contribution in [0.2, 0.25) is 0 Å². The smallest absolute Gasteiger partial charge is 0.254 e. The molecule has 0 aromatic rings. The molecule has 0 aromatic carbocycles. The van der Waals surface area contributed by atoms with E-state index >= 15 is 0 Å². The molecule has 1 amide bonds. The fourth-order valence-electron chi connectivity index (χ4n) is 3.26. The summed E-state index contributed by atoms with van der Waals surface area (Å²) in [6.07, 6.45) is 16.5. The lowest BCUT2D eigenvalue weighted by Crippen LogP contribution is -2.29. The minimum absolute atomic E-state index is 0.0938. The number of Topliss-reactive ketones (excluding diaryl/α,β-unsaturated/α-hetero) is 1. The fourth-order valence-corrected chi connectivity index (χ4v) is 3.26. The van der Waals surface area contributed by atoms with Crippen molar-refractivity contribution in [3.05, 3.63) is 0 Å². The van der Waals surface area contributed by atoms with Crippen molar-refractivity contribution in [2.45, 2.75) is 109 Å². The van der Waals surface area contributed by atoms with Gasteiger partial charge in [-0.3, -0.25) is 9.59 Å². The molecule has 1 saturated heterocycles. The third kappa shape index (κ3) is 9.98. The lowest BCUT2D eigenvalue weighted by atomic mass is 10.0. The van der Waals surface area contributed by atoms with E-state index in [9.17, 15) is 9.59 Å². The number of likely N-dealkylation sites (N-methyl/N-ethyl adjacent to an activating group) is 1. The number of rotatable bonds is 16. The van der Waals surface area contributed by atoms with Crippen LogP contribution in [0.25, 0.3) is 0 Å². The van der Waals surface area contributed by atoms with E-state index in [1.807, 2.05) is 0 Å². The van der Waals surface area contributed by atoms with Crippen molar-refractivity contribution in [1.29, 1.82) is 0 Å². The summed E-state index contributed by atoms with van der Waals surface area (Å²) in [5.41, 5.74) is 0. The molecule has 25 heavy (non-hydrogen) atoms. The van der Waals surface area contributed by atoms with E-state index in [-0.39, 0.29) is 11.7 Å². The molecule has 4 nitrogen and oxygen atoms in total. The van der Waals surface area contributed by atoms with Gasteiger partial charge in [0.15, 0.2) is 18.0 Å². The van der Waals surface area contributed by atoms with Gasteiger partial charge in [-0.1, -0.05) is 84.0 Å². The van der Waals surface area contributed by atoms with Crippen molar-refractivity contribution in [1.82, 2.24) is 4.90 Å². The van der Waals surface area contributed by atoms with Crippen LogP contribution in [0.1, 0.15) is 96.8 Å². The number of hydrogen-bond acceptors (Lipinski definition) is 3. The molecular formula is C21H39NO3. The molecule has 0 aromatic heterocycles. The zero-order valence-electron chi connectivity index (χ0n) is 16.7. The van der Waals surface area contributed by atoms with E-state index in [0.29, 0.717) is 6.42 Å². The van der Waals surface area contributed by atoms with Gasteiger partial charge in [-0.2, -0.15) is 0 Å². The van der Waals surface area contributed by atoms with Gasteiger partial charge in [0, 0.05) is 20.5 Å². The van der Waals surface area contributed by atoms with Gasteiger partial charge < -0.3 is 9.64 Å². The zero-order chi connectivity index (χ0) is 18.5. The molecule has 1 aliphatic rings. The third-order valence-corrected chi connectivity index (χ3v) is 5.02. The van der Waals surface area contributed by atoms with Crippen LogP contribution >= 0.6 is 0 Å². The van der Waals surface area contributed by atoms with Crippen LogP contribution in [0.4, 0.5) is 0 Å². The summed E-state index contributed by atoms with van der Waals surface area (Å²) in [6.45, 7) is 2.26. The van der Waals surface area contributed by atoms with Crippen LogP contribution in [-0.4, -0.2) is 42.9 Å². The molecule has 1 aliphatic heterocycles. The Morgan fingerprint density at radius 3 is 1.60 bits per heavy atom. The molecular weight excluding hydrogens is 314 g/mol. The SMILES string of the molecule is CCCCCCCCCCCCCCCC(=O)[C@H]1O[C@H]1C(=O)N(C)C. The standard InChI is InChI=1S/C21H39NO3/c1-4-5-6-7-8-9-10-11-12-13-14-15-16-17-18(23)19-20(25-19)21(24)22(2)3/h19-20H,4-17H2,1-3H3/t19-,20-/m1/s1. The number of epoxide rings is 1. The van der Waals surface area contributed by atoms with E-state index in [2.05, 4.69) is 6.92 Å². The van der Waals surface area contributed by atoms with E-state index < -0.39 is 12.2 Å². The monoisotopic (exact) mass is 353 g/mol. The highest BCUT2D eigenvalue weighted by Gasteiger charge is 2.49. The molecule has 2 atom stereocenters. The Hall–Kier alpha value is -0.900. The van der Waals surface area contributed by atoms with Crippen LogP contribution < -0.4 is 0 Å². The zero-order valence-corrected chi connectivity index (χ0v) is 16.7. The summed E-state index contributed by atoms with van der Waals surface area (Å²) in [4.78, 5) is 25.1. The topological polar surface area (TPSA) is 49.9 Å². The second kappa shape index (κ2) is 13.3. The third-order valence-electron chi connectivity index (χ3n) is 5.02. The largest absolute Gasteiger partial charge is 0.351 e. The molecule has 0 bridgehead atoms. The van der Waals surface area contributed by atoms with Crippen molar-refractivity contribution in [3.8, 4) is 0 Å². The highest BCUT2D eigenvalue weighted by molar-refractivity contribution is 5.95. The van der Waals surface area contributed by atoms with Gasteiger partial charge in [-0.15, -0.1) is 0 Å². The molecule has 0 radical (unpaired) electrons. The average molecular weight is 354 g/mol. The number of amides is 1. The minimum Gasteiger partial charge on any atom is -0.351 e. The van der Waals surface area contributed by atoms with Gasteiger partial charge in [0.05, 0.1) is 0 Å². The predicted octanol–water partition coefficient (Wildman–Crippen LogP) is 4.89. The number of hydrogen-bond donors (Lipinski definition) is 0. The van der Waals surface area contributed by atoms with Crippen molar-refractivity contribution < 1.29 is 14.3 Å². The van der Waals surface area contributed by atoms with Crippen LogP contribution in [0, 0.1) is 0 Å². The Morgan fingerprint density at radius 2 is 1.16 bits per heavy atom. The Morgan fingerprint density at radius 1 is 0.720 bits per heavy atom. The first-order valence-electron chi connectivity index (χ1n) is 10.5. The van der Waals surface area contributed by atoms with Crippen molar-refractivity contribution in [2.75, 3.05) is 14.1 Å². The number of unbranched alkanes of at least 4 members (excludes halogenated alkanes) is 12. The van der Waals surface area contributed by atoms with Gasteiger partial charge in [0.25, 0.3) is 5.91 Å². The lowest BCUT2D eigenvalue weighted by Gasteiger charge is -2.06. The Bertz CT molecular complexity index is 381. The second-order valence-corrected chi connectivity index (χ2v) is 7.67. The molecule has 1 heterocycles. The molecule has 0 N–H and O–H groups in total. The van der Waals surface area contributed by atoms with Crippen molar-refractivity contribution in [3.63, 3.8) is 0 Å². The number of carbonyl (C=O) groups excluding carboxylic acids is 2. The highest BCUT2D eigenvalue weighted by Crippen LogP contribution is 2.26. The second-order valence-electron chi connectivity index (χ2n) is 7.67. The Labute approximate surface area is 154 Å². The normalized spacial score (nSPS) is 19.0. The summed E-state index contributed by atoms with van der Waals surface area (Å²) in [7, 11) is 3.38. The lowest BCUT2D eigenvalue weighted by molar-refractivity contribution is -0.130. The fraction of sp³-hybridized carbons (Fsp3) is 0.905. The van der Waals surface area contributed by atoms with E-state index in [0.717, 1.165) is 12.8 Å². The van der Waals surface area contributed by atoms with Crippen molar-refractivity contribution >= 4 is 11.7 Å². The summed E-state index contributed by atoms with van der Waals surface area (Å²) < 4.78 is 5.23. The van der Waals surface area contributed by atoms with Crippen molar-refractivity contribution in [2.24, 2.45) is 0 Å². The molecule has 0 aliphatic carbocycles. The molecule has 146 valence electrons. The molecule has 0 saturated carbocycles. The quantitative estimate of drug-likeness (QED) is 0.293. The van der Waals surface area contributed by atoms with Gasteiger partial charge in [0.1, 0.15) is 0 Å². The summed E-state index contributed by atoms with van der Waals surface area (Å²) in [5, 5.41) is 0. The van der Waals surface area contributed by atoms with E-state index in [1.165, 1.54) is 75.5 Å². The van der Waals surface area contributed by atoms with Crippen LogP contribution in [0.5, 0.6) is 0 Å². The maximum absolute atomic E-state index is 11.9. The molecule has 0 spiro atoms. The van der Waals surface area contributed by atoms with E-state index in [4.69, 9.17) is 4.74 Å². The maximum Gasteiger partial charge on any atom is 0.254 e. The Balaban J connectivity index is 1.83. The number of ether oxygens (including phenoxy) is 1. The number of ketones is 1. The van der Waals surface area contributed by atoms with Gasteiger partial charge >= 0.3 is 0 Å². The summed E-state index contributed by atoms with van der Waals surface area (Å²) >= 11 is 0. The first-order chi connectivity index (χ1) is 12.1. The van der Waals surface area contributed by atoms with Crippen LogP contribution in [0.15, 0.2) is 0 Å². The first kappa shape index (κ1) is 22.1.